The van der Waals surface area contributed by atoms with E-state index in [9.17, 15) is 9.59 Å². The molecule has 0 saturated carbocycles. The third-order valence-corrected chi connectivity index (χ3v) is 2.09. The molecule has 0 unspecified atom stereocenters. The Bertz CT molecular complexity index is 393. The second kappa shape index (κ2) is 7.16. The molecular formula is C12H17N3O3. The average Bonchev–Trinajstić information content (AvgIpc) is 2.37. The van der Waals surface area contributed by atoms with Crippen molar-refractivity contribution in [2.45, 2.75) is 6.61 Å². The summed E-state index contributed by atoms with van der Waals surface area (Å²) in [5.41, 5.74) is 0.907. The van der Waals surface area contributed by atoms with Gasteiger partial charge in [-0.05, 0) is 5.56 Å². The van der Waals surface area contributed by atoms with Gasteiger partial charge in [0.25, 0.3) is 0 Å². The number of amides is 3. The Morgan fingerprint density at radius 3 is 2.44 bits per heavy atom. The van der Waals surface area contributed by atoms with E-state index in [4.69, 9.17) is 4.74 Å². The molecule has 0 aromatic heterocycles. The predicted molar refractivity (Wildman–Crippen MR) is 66.8 cm³/mol. The van der Waals surface area contributed by atoms with Crippen LogP contribution in [-0.4, -0.2) is 37.8 Å². The van der Waals surface area contributed by atoms with Crippen molar-refractivity contribution >= 4 is 12.1 Å². The summed E-state index contributed by atoms with van der Waals surface area (Å²) in [4.78, 5) is 23.8. The smallest absolute Gasteiger partial charge is 0.408 e. The minimum atomic E-state index is -0.571. The molecule has 1 rings (SSSR count). The van der Waals surface area contributed by atoms with Gasteiger partial charge in [0.15, 0.2) is 0 Å². The van der Waals surface area contributed by atoms with Crippen LogP contribution in [0.15, 0.2) is 30.3 Å². The standard InChI is InChI=1S/C12H17N3O3/c1-15(2)11(16)13-9-14-12(17)18-8-10-6-4-3-5-7-10/h3-7H,8-9H2,1-2H3,(H,13,16)(H,14,17). The topological polar surface area (TPSA) is 70.7 Å². The molecule has 0 aliphatic rings. The van der Waals surface area contributed by atoms with Gasteiger partial charge in [0.2, 0.25) is 0 Å². The first-order valence-electron chi connectivity index (χ1n) is 5.49. The Kier molecular flexibility index (Phi) is 5.50. The van der Waals surface area contributed by atoms with Gasteiger partial charge in [-0.25, -0.2) is 9.59 Å². The Morgan fingerprint density at radius 2 is 1.83 bits per heavy atom. The molecule has 6 heteroatoms. The fourth-order valence-corrected chi connectivity index (χ4v) is 1.12. The van der Waals surface area contributed by atoms with Gasteiger partial charge >= 0.3 is 12.1 Å². The quantitative estimate of drug-likeness (QED) is 0.788. The molecule has 1 aromatic rings. The Labute approximate surface area is 106 Å². The van der Waals surface area contributed by atoms with Crippen molar-refractivity contribution in [3.8, 4) is 0 Å². The van der Waals surface area contributed by atoms with Gasteiger partial charge in [-0.15, -0.1) is 0 Å². The minimum absolute atomic E-state index is 0.0324. The molecule has 1 aromatic carbocycles. The van der Waals surface area contributed by atoms with E-state index >= 15 is 0 Å². The fourth-order valence-electron chi connectivity index (χ4n) is 1.12. The van der Waals surface area contributed by atoms with E-state index in [1.807, 2.05) is 30.3 Å². The number of carbonyl (C=O) groups is 2. The number of carbonyl (C=O) groups excluding carboxylic acids is 2. The third-order valence-electron chi connectivity index (χ3n) is 2.09. The first kappa shape index (κ1) is 13.8. The number of hydrogen-bond donors (Lipinski definition) is 2. The zero-order valence-electron chi connectivity index (χ0n) is 10.5. The highest BCUT2D eigenvalue weighted by molar-refractivity contribution is 5.74. The lowest BCUT2D eigenvalue weighted by molar-refractivity contribution is 0.139. The number of ether oxygens (including phenoxy) is 1. The van der Waals surface area contributed by atoms with Gasteiger partial charge in [-0.2, -0.15) is 0 Å². The second-order valence-corrected chi connectivity index (χ2v) is 3.79. The molecule has 0 aliphatic carbocycles. The summed E-state index contributed by atoms with van der Waals surface area (Å²) in [6, 6.07) is 9.07. The van der Waals surface area contributed by atoms with Gasteiger partial charge in [0, 0.05) is 14.1 Å². The van der Waals surface area contributed by atoms with Crippen LogP contribution in [0, 0.1) is 0 Å². The molecule has 0 bridgehead atoms. The van der Waals surface area contributed by atoms with Crippen molar-refractivity contribution in [2.24, 2.45) is 0 Å². The van der Waals surface area contributed by atoms with E-state index in [2.05, 4.69) is 10.6 Å². The van der Waals surface area contributed by atoms with E-state index < -0.39 is 6.09 Å². The average molecular weight is 251 g/mol. The molecule has 18 heavy (non-hydrogen) atoms. The highest BCUT2D eigenvalue weighted by Gasteiger charge is 2.04. The third kappa shape index (κ3) is 5.20. The SMILES string of the molecule is CN(C)C(=O)NCNC(=O)OCc1ccccc1. The summed E-state index contributed by atoms with van der Waals surface area (Å²) in [6.07, 6.45) is -0.571. The van der Waals surface area contributed by atoms with Crippen LogP contribution in [0.4, 0.5) is 9.59 Å². The second-order valence-electron chi connectivity index (χ2n) is 3.79. The van der Waals surface area contributed by atoms with E-state index in [0.717, 1.165) is 5.56 Å². The maximum absolute atomic E-state index is 11.3. The Balaban J connectivity index is 2.17. The highest BCUT2D eigenvalue weighted by Crippen LogP contribution is 2.00. The van der Waals surface area contributed by atoms with Gasteiger partial charge < -0.3 is 20.3 Å². The summed E-state index contributed by atoms with van der Waals surface area (Å²) in [6.45, 7) is 0.235. The maximum atomic E-state index is 11.3. The van der Waals surface area contributed by atoms with Gasteiger partial charge in [0.05, 0.1) is 6.67 Å². The van der Waals surface area contributed by atoms with Gasteiger partial charge in [-0.3, -0.25) is 0 Å². The van der Waals surface area contributed by atoms with Crippen molar-refractivity contribution in [3.63, 3.8) is 0 Å². The lowest BCUT2D eigenvalue weighted by Gasteiger charge is -2.12. The maximum Gasteiger partial charge on any atom is 0.408 e. The summed E-state index contributed by atoms with van der Waals surface area (Å²) in [7, 11) is 3.23. The number of benzene rings is 1. The summed E-state index contributed by atoms with van der Waals surface area (Å²) in [5.74, 6) is 0. The monoisotopic (exact) mass is 251 g/mol. The first-order chi connectivity index (χ1) is 8.59. The van der Waals surface area contributed by atoms with E-state index in [0.29, 0.717) is 0 Å². The van der Waals surface area contributed by atoms with Crippen LogP contribution in [0.5, 0.6) is 0 Å². The molecule has 0 atom stereocenters. The number of urea groups is 1. The van der Waals surface area contributed by atoms with Crippen LogP contribution in [-0.2, 0) is 11.3 Å². The summed E-state index contributed by atoms with van der Waals surface area (Å²) < 4.78 is 4.96. The van der Waals surface area contributed by atoms with E-state index in [-0.39, 0.29) is 19.3 Å². The van der Waals surface area contributed by atoms with E-state index in [1.54, 1.807) is 14.1 Å². The molecular weight excluding hydrogens is 234 g/mol. The summed E-state index contributed by atoms with van der Waals surface area (Å²) >= 11 is 0. The van der Waals surface area contributed by atoms with Crippen molar-refractivity contribution in [3.05, 3.63) is 35.9 Å². The zero-order chi connectivity index (χ0) is 13.4. The molecule has 0 heterocycles. The molecule has 0 spiro atoms. The van der Waals surface area contributed by atoms with Crippen molar-refractivity contribution < 1.29 is 14.3 Å². The van der Waals surface area contributed by atoms with Crippen LogP contribution >= 0.6 is 0 Å². The number of rotatable bonds is 4. The molecule has 0 saturated heterocycles. The van der Waals surface area contributed by atoms with Crippen molar-refractivity contribution in [2.75, 3.05) is 20.8 Å². The van der Waals surface area contributed by atoms with Crippen LogP contribution in [0.2, 0.25) is 0 Å². The number of nitrogens with one attached hydrogen (secondary N) is 2. The molecule has 0 radical (unpaired) electrons. The number of hydrogen-bond acceptors (Lipinski definition) is 3. The van der Waals surface area contributed by atoms with Gasteiger partial charge in [-0.1, -0.05) is 30.3 Å². The zero-order valence-corrected chi connectivity index (χ0v) is 10.5. The molecule has 3 amide bonds. The highest BCUT2D eigenvalue weighted by atomic mass is 16.5. The fraction of sp³-hybridized carbons (Fsp3) is 0.333. The van der Waals surface area contributed by atoms with Crippen LogP contribution in [0.3, 0.4) is 0 Å². The van der Waals surface area contributed by atoms with Crippen LogP contribution < -0.4 is 10.6 Å². The minimum Gasteiger partial charge on any atom is -0.445 e. The molecule has 6 nitrogen and oxygen atoms in total. The van der Waals surface area contributed by atoms with Crippen molar-refractivity contribution in [1.29, 1.82) is 0 Å². The normalized spacial score (nSPS) is 9.44. The van der Waals surface area contributed by atoms with Crippen LogP contribution in [0.1, 0.15) is 5.56 Å². The lowest BCUT2D eigenvalue weighted by Crippen LogP contribution is -2.42. The Hall–Kier alpha value is -2.24. The van der Waals surface area contributed by atoms with Gasteiger partial charge in [0.1, 0.15) is 6.61 Å². The number of nitrogens with zero attached hydrogens (tertiary/aromatic N) is 1. The number of alkyl carbamates (subject to hydrolysis) is 1. The summed E-state index contributed by atoms with van der Waals surface area (Å²) in [5, 5.41) is 4.91. The van der Waals surface area contributed by atoms with E-state index in [1.165, 1.54) is 4.90 Å². The molecule has 0 fully saturated rings. The molecule has 0 aliphatic heterocycles. The molecule has 98 valence electrons. The first-order valence-corrected chi connectivity index (χ1v) is 5.49. The predicted octanol–water partition coefficient (Wildman–Crippen LogP) is 1.14. The Morgan fingerprint density at radius 1 is 1.17 bits per heavy atom. The lowest BCUT2D eigenvalue weighted by atomic mass is 10.2. The van der Waals surface area contributed by atoms with Crippen molar-refractivity contribution in [1.82, 2.24) is 15.5 Å². The largest absolute Gasteiger partial charge is 0.445 e. The molecule has 2 N–H and O–H groups in total. The van der Waals surface area contributed by atoms with Crippen LogP contribution in [0.25, 0.3) is 0 Å².